The zero-order chi connectivity index (χ0) is 16.8. The minimum absolute atomic E-state index is 0.00902. The molecule has 4 atom stereocenters. The molecule has 0 unspecified atom stereocenters. The first-order valence-corrected chi connectivity index (χ1v) is 7.57. The van der Waals surface area contributed by atoms with E-state index in [1.807, 2.05) is 13.8 Å². The summed E-state index contributed by atoms with van der Waals surface area (Å²) < 4.78 is 13.0. The molecule has 0 amide bonds. The number of aliphatic hydroxyl groups excluding tert-OH is 1. The predicted molar refractivity (Wildman–Crippen MR) is 83.6 cm³/mol. The van der Waals surface area contributed by atoms with E-state index in [-0.39, 0.29) is 12.7 Å². The van der Waals surface area contributed by atoms with Gasteiger partial charge in [0.25, 0.3) is 0 Å². The second-order valence-corrected chi connectivity index (χ2v) is 6.30. The molecule has 0 aromatic carbocycles. The van der Waals surface area contributed by atoms with Crippen LogP contribution in [-0.2, 0) is 9.47 Å². The Balaban J connectivity index is 1.93. The Morgan fingerprint density at radius 2 is 2.22 bits per heavy atom. The van der Waals surface area contributed by atoms with Gasteiger partial charge in [0, 0.05) is 6.20 Å². The summed E-state index contributed by atoms with van der Waals surface area (Å²) in [6.45, 7) is 5.53. The van der Waals surface area contributed by atoms with Crippen LogP contribution in [0, 0.1) is 0 Å². The molecule has 126 valence electrons. The summed E-state index contributed by atoms with van der Waals surface area (Å²) in [5, 5.41) is 21.8. The van der Waals surface area contributed by atoms with Crippen molar-refractivity contribution in [2.45, 2.75) is 50.9 Å². The van der Waals surface area contributed by atoms with Gasteiger partial charge in [0.2, 0.25) is 0 Å². The minimum atomic E-state index is -1.49. The van der Waals surface area contributed by atoms with Crippen molar-refractivity contribution in [3.8, 4) is 0 Å². The largest absolute Gasteiger partial charge is 0.387 e. The van der Waals surface area contributed by atoms with E-state index in [2.05, 4.69) is 9.97 Å². The average Bonchev–Trinajstić information content (AvgIpc) is 2.99. The Labute approximate surface area is 133 Å². The molecular formula is C15H22N4O4. The molecular weight excluding hydrogens is 300 g/mol. The fourth-order valence-electron chi connectivity index (χ4n) is 2.84. The van der Waals surface area contributed by atoms with Crippen LogP contribution in [0.4, 0.5) is 5.82 Å². The standard InChI is InChI=1S/C15H22N4O4/c1-8(2)22-6-10-11(20)15(3,21)14(23-10)19-5-4-9-12(16)17-7-18-13(9)19/h4-5,7-8,10-11,14,20-21H,6H2,1-3H3,(H2,16,17,18)/t10-,11-,14-,15-/m1/s1. The van der Waals surface area contributed by atoms with Crippen LogP contribution in [-0.4, -0.2) is 55.3 Å². The van der Waals surface area contributed by atoms with Gasteiger partial charge in [-0.25, -0.2) is 9.97 Å². The minimum Gasteiger partial charge on any atom is -0.387 e. The summed E-state index contributed by atoms with van der Waals surface area (Å²) in [5.41, 5.74) is 4.89. The van der Waals surface area contributed by atoms with E-state index in [4.69, 9.17) is 15.2 Å². The molecule has 4 N–H and O–H groups in total. The van der Waals surface area contributed by atoms with Crippen molar-refractivity contribution in [3.63, 3.8) is 0 Å². The monoisotopic (exact) mass is 322 g/mol. The lowest BCUT2D eigenvalue weighted by atomic mass is 9.96. The number of fused-ring (bicyclic) bond motifs is 1. The molecule has 0 aliphatic carbocycles. The molecule has 8 heteroatoms. The first-order valence-electron chi connectivity index (χ1n) is 7.57. The van der Waals surface area contributed by atoms with Crippen molar-refractivity contribution in [1.82, 2.24) is 14.5 Å². The highest BCUT2D eigenvalue weighted by atomic mass is 16.6. The van der Waals surface area contributed by atoms with Crippen LogP contribution >= 0.6 is 0 Å². The topological polar surface area (TPSA) is 116 Å². The van der Waals surface area contributed by atoms with Crippen molar-refractivity contribution in [1.29, 1.82) is 0 Å². The predicted octanol–water partition coefficient (Wildman–Crippen LogP) is 0.448. The van der Waals surface area contributed by atoms with Gasteiger partial charge in [-0.05, 0) is 26.8 Å². The van der Waals surface area contributed by atoms with Crippen LogP contribution < -0.4 is 5.73 Å². The van der Waals surface area contributed by atoms with E-state index in [1.165, 1.54) is 13.3 Å². The fraction of sp³-hybridized carbons (Fsp3) is 0.600. The van der Waals surface area contributed by atoms with Gasteiger partial charge >= 0.3 is 0 Å². The first kappa shape index (κ1) is 16.1. The smallest absolute Gasteiger partial charge is 0.167 e. The van der Waals surface area contributed by atoms with E-state index in [0.29, 0.717) is 16.9 Å². The summed E-state index contributed by atoms with van der Waals surface area (Å²) in [4.78, 5) is 8.15. The molecule has 3 rings (SSSR count). The molecule has 1 saturated heterocycles. The number of aromatic nitrogens is 3. The number of nitrogen functional groups attached to an aromatic ring is 1. The van der Waals surface area contributed by atoms with Gasteiger partial charge in [-0.1, -0.05) is 0 Å². The molecule has 1 aliphatic rings. The van der Waals surface area contributed by atoms with Crippen molar-refractivity contribution in [3.05, 3.63) is 18.6 Å². The van der Waals surface area contributed by atoms with Gasteiger partial charge in [0.1, 0.15) is 35.6 Å². The van der Waals surface area contributed by atoms with Crippen LogP contribution in [0.1, 0.15) is 27.0 Å². The number of hydrogen-bond acceptors (Lipinski definition) is 7. The third kappa shape index (κ3) is 2.67. The van der Waals surface area contributed by atoms with Gasteiger partial charge in [0.05, 0.1) is 18.1 Å². The van der Waals surface area contributed by atoms with Gasteiger partial charge in [0.15, 0.2) is 6.23 Å². The van der Waals surface area contributed by atoms with Crippen LogP contribution in [0.2, 0.25) is 0 Å². The number of hydrogen-bond donors (Lipinski definition) is 3. The summed E-state index contributed by atoms with van der Waals surface area (Å²) in [5.74, 6) is 0.353. The normalized spacial score (nSPS) is 31.3. The average molecular weight is 322 g/mol. The highest BCUT2D eigenvalue weighted by Crippen LogP contribution is 2.40. The summed E-state index contributed by atoms with van der Waals surface area (Å²) in [7, 11) is 0. The molecule has 3 heterocycles. The molecule has 2 aromatic rings. The molecule has 0 bridgehead atoms. The number of ether oxygens (including phenoxy) is 2. The fourth-order valence-corrected chi connectivity index (χ4v) is 2.84. The van der Waals surface area contributed by atoms with Crippen LogP contribution in [0.25, 0.3) is 11.0 Å². The third-order valence-corrected chi connectivity index (χ3v) is 4.14. The van der Waals surface area contributed by atoms with Gasteiger partial charge in [-0.2, -0.15) is 0 Å². The van der Waals surface area contributed by atoms with Gasteiger partial charge < -0.3 is 30.0 Å². The first-order chi connectivity index (χ1) is 10.8. The molecule has 0 radical (unpaired) electrons. The number of aliphatic hydroxyl groups is 2. The lowest BCUT2D eigenvalue weighted by molar-refractivity contribution is -0.0975. The second-order valence-electron chi connectivity index (χ2n) is 6.30. The number of nitrogens with zero attached hydrogens (tertiary/aromatic N) is 3. The molecule has 1 aliphatic heterocycles. The Hall–Kier alpha value is -1.74. The highest BCUT2D eigenvalue weighted by Gasteiger charge is 2.53. The summed E-state index contributed by atoms with van der Waals surface area (Å²) in [6, 6.07) is 1.76. The summed E-state index contributed by atoms with van der Waals surface area (Å²) >= 11 is 0. The van der Waals surface area contributed by atoms with Crippen LogP contribution in [0.15, 0.2) is 18.6 Å². The molecule has 0 spiro atoms. The Kier molecular flexibility index (Phi) is 4.01. The SMILES string of the molecule is CC(C)OC[C@H]1O[C@@H](n2ccc3c(N)ncnc32)[C@](C)(O)[C@@H]1O. The second kappa shape index (κ2) is 5.72. The maximum atomic E-state index is 10.7. The van der Waals surface area contributed by atoms with E-state index in [1.54, 1.807) is 16.8 Å². The Morgan fingerprint density at radius 1 is 1.48 bits per heavy atom. The zero-order valence-electron chi connectivity index (χ0n) is 13.4. The van der Waals surface area contributed by atoms with Crippen molar-refractivity contribution >= 4 is 16.9 Å². The van der Waals surface area contributed by atoms with E-state index >= 15 is 0 Å². The maximum Gasteiger partial charge on any atom is 0.167 e. The Bertz CT molecular complexity index is 700. The number of nitrogens with two attached hydrogens (primary N) is 1. The summed E-state index contributed by atoms with van der Waals surface area (Å²) in [6.07, 6.45) is 0.567. The Morgan fingerprint density at radius 3 is 2.91 bits per heavy atom. The quantitative estimate of drug-likeness (QED) is 0.748. The maximum absolute atomic E-state index is 10.7. The van der Waals surface area contributed by atoms with E-state index in [0.717, 1.165) is 0 Å². The molecule has 2 aromatic heterocycles. The van der Waals surface area contributed by atoms with Crippen LogP contribution in [0.5, 0.6) is 0 Å². The third-order valence-electron chi connectivity index (χ3n) is 4.14. The van der Waals surface area contributed by atoms with Crippen molar-refractivity contribution in [2.75, 3.05) is 12.3 Å². The molecule has 0 saturated carbocycles. The molecule has 23 heavy (non-hydrogen) atoms. The van der Waals surface area contributed by atoms with E-state index in [9.17, 15) is 10.2 Å². The highest BCUT2D eigenvalue weighted by molar-refractivity contribution is 5.86. The van der Waals surface area contributed by atoms with Crippen molar-refractivity contribution < 1.29 is 19.7 Å². The van der Waals surface area contributed by atoms with Crippen LogP contribution in [0.3, 0.4) is 0 Å². The number of rotatable bonds is 4. The zero-order valence-corrected chi connectivity index (χ0v) is 13.4. The lowest BCUT2D eigenvalue weighted by Gasteiger charge is -2.27. The molecule has 1 fully saturated rings. The lowest BCUT2D eigenvalue weighted by Crippen LogP contribution is -2.44. The van der Waals surface area contributed by atoms with Gasteiger partial charge in [-0.3, -0.25) is 0 Å². The van der Waals surface area contributed by atoms with Crippen molar-refractivity contribution in [2.24, 2.45) is 0 Å². The van der Waals surface area contributed by atoms with Gasteiger partial charge in [-0.15, -0.1) is 0 Å². The number of anilines is 1. The molecule has 8 nitrogen and oxygen atoms in total. The van der Waals surface area contributed by atoms with E-state index < -0.39 is 24.0 Å².